The minimum absolute atomic E-state index is 0.296. The Morgan fingerprint density at radius 2 is 2.11 bits per heavy atom. The average Bonchev–Trinajstić information content (AvgIpc) is 3.04. The Kier molecular flexibility index (Phi) is 6.88. The fourth-order valence-electron chi connectivity index (χ4n) is 3.16. The summed E-state index contributed by atoms with van der Waals surface area (Å²) in [7, 11) is 0. The molecule has 5 nitrogen and oxygen atoms in total. The molecule has 1 aliphatic heterocycles. The lowest BCUT2D eigenvalue weighted by Gasteiger charge is -2.25. The predicted octanol–water partition coefficient (Wildman–Crippen LogP) is 4.61. The monoisotopic (exact) mass is 418 g/mol. The summed E-state index contributed by atoms with van der Waals surface area (Å²) < 4.78 is 5.24. The zero-order chi connectivity index (χ0) is 20.1. The number of anilines is 1. The number of esters is 1. The number of rotatable bonds is 6. The number of thiophene rings is 1. The third-order valence-electron chi connectivity index (χ3n) is 4.62. The number of benzene rings is 1. The van der Waals surface area contributed by atoms with Crippen molar-refractivity contribution in [3.63, 3.8) is 0 Å². The summed E-state index contributed by atoms with van der Waals surface area (Å²) in [4.78, 5) is 28.4. The highest BCUT2D eigenvalue weighted by Gasteiger charge is 2.28. The van der Waals surface area contributed by atoms with Crippen LogP contribution in [0.2, 0.25) is 5.02 Å². The van der Waals surface area contributed by atoms with Gasteiger partial charge in [-0.2, -0.15) is 0 Å². The van der Waals surface area contributed by atoms with E-state index in [9.17, 15) is 9.59 Å². The summed E-state index contributed by atoms with van der Waals surface area (Å²) in [5.74, 6) is -0.688. The molecule has 0 aliphatic carbocycles. The second-order valence-electron chi connectivity index (χ2n) is 6.39. The summed E-state index contributed by atoms with van der Waals surface area (Å²) in [5, 5.41) is 3.99. The predicted molar refractivity (Wildman–Crippen MR) is 114 cm³/mol. The quantitative estimate of drug-likeness (QED) is 0.549. The number of hydrogen-bond acceptors (Lipinski definition) is 5. The first-order valence-electron chi connectivity index (χ1n) is 9.31. The summed E-state index contributed by atoms with van der Waals surface area (Å²) in [6.45, 7) is 6.83. The number of amides is 1. The molecular weight excluding hydrogens is 396 g/mol. The molecule has 0 saturated carbocycles. The molecule has 0 fully saturated rings. The van der Waals surface area contributed by atoms with E-state index in [-0.39, 0.29) is 11.9 Å². The van der Waals surface area contributed by atoms with Crippen molar-refractivity contribution >= 4 is 45.9 Å². The van der Waals surface area contributed by atoms with Crippen LogP contribution >= 0.6 is 22.9 Å². The topological polar surface area (TPSA) is 58.6 Å². The SMILES string of the molecule is CCOC(=O)c1c(NC(=O)/C=C\c2ccccc2Cl)sc2c1CCN(CC)C2. The van der Waals surface area contributed by atoms with E-state index in [1.807, 2.05) is 18.2 Å². The first-order chi connectivity index (χ1) is 13.5. The van der Waals surface area contributed by atoms with Gasteiger partial charge in [0.05, 0.1) is 12.2 Å². The fourth-order valence-corrected chi connectivity index (χ4v) is 4.64. The van der Waals surface area contributed by atoms with Crippen LogP contribution in [0.3, 0.4) is 0 Å². The number of halogens is 1. The van der Waals surface area contributed by atoms with E-state index in [1.165, 1.54) is 17.4 Å². The third kappa shape index (κ3) is 4.63. The van der Waals surface area contributed by atoms with Gasteiger partial charge in [0.25, 0.3) is 0 Å². The van der Waals surface area contributed by atoms with Crippen LogP contribution in [0, 0.1) is 0 Å². The summed E-state index contributed by atoms with van der Waals surface area (Å²) in [5.41, 5.74) is 2.25. The normalized spacial score (nSPS) is 14.1. The van der Waals surface area contributed by atoms with Crippen molar-refractivity contribution in [1.82, 2.24) is 4.90 Å². The zero-order valence-electron chi connectivity index (χ0n) is 16.0. The molecule has 148 valence electrons. The number of nitrogens with zero attached hydrogens (tertiary/aromatic N) is 1. The number of ether oxygens (including phenoxy) is 1. The Hall–Kier alpha value is -2.15. The molecule has 28 heavy (non-hydrogen) atoms. The van der Waals surface area contributed by atoms with Crippen LogP contribution in [-0.4, -0.2) is 36.5 Å². The number of likely N-dealkylation sites (N-methyl/N-ethyl adjacent to an activating group) is 1. The van der Waals surface area contributed by atoms with E-state index in [0.717, 1.165) is 42.1 Å². The number of fused-ring (bicyclic) bond motifs is 1. The van der Waals surface area contributed by atoms with Gasteiger partial charge >= 0.3 is 5.97 Å². The van der Waals surface area contributed by atoms with E-state index in [2.05, 4.69) is 17.1 Å². The minimum Gasteiger partial charge on any atom is -0.462 e. The summed E-state index contributed by atoms with van der Waals surface area (Å²) in [6, 6.07) is 7.29. The maximum absolute atomic E-state index is 12.5. The Morgan fingerprint density at radius 3 is 2.82 bits per heavy atom. The fraction of sp³-hybridized carbons (Fsp3) is 0.333. The number of carbonyl (C=O) groups excluding carboxylic acids is 2. The van der Waals surface area contributed by atoms with Gasteiger partial charge in [-0.3, -0.25) is 9.69 Å². The van der Waals surface area contributed by atoms with E-state index in [4.69, 9.17) is 16.3 Å². The smallest absolute Gasteiger partial charge is 0.341 e. The Balaban J connectivity index is 1.84. The number of hydrogen-bond donors (Lipinski definition) is 1. The maximum atomic E-state index is 12.5. The lowest BCUT2D eigenvalue weighted by Crippen LogP contribution is -2.30. The van der Waals surface area contributed by atoms with Crippen molar-refractivity contribution in [2.24, 2.45) is 0 Å². The standard InChI is InChI=1S/C21H23ClN2O3S/c1-3-24-12-11-15-17(13-24)28-20(19(15)21(26)27-4-2)23-18(25)10-9-14-7-5-6-8-16(14)22/h5-10H,3-4,11-13H2,1-2H3,(H,23,25)/b10-9-. The molecule has 2 aromatic rings. The van der Waals surface area contributed by atoms with E-state index < -0.39 is 0 Å². The highest BCUT2D eigenvalue weighted by molar-refractivity contribution is 7.17. The molecule has 0 bridgehead atoms. The second-order valence-corrected chi connectivity index (χ2v) is 7.90. The average molecular weight is 419 g/mol. The van der Waals surface area contributed by atoms with Crippen LogP contribution in [0.5, 0.6) is 0 Å². The lowest BCUT2D eigenvalue weighted by atomic mass is 10.0. The lowest BCUT2D eigenvalue weighted by molar-refractivity contribution is -0.111. The molecule has 0 spiro atoms. The molecule has 7 heteroatoms. The highest BCUT2D eigenvalue weighted by Crippen LogP contribution is 2.37. The molecule has 2 heterocycles. The Morgan fingerprint density at radius 1 is 1.32 bits per heavy atom. The molecule has 0 radical (unpaired) electrons. The van der Waals surface area contributed by atoms with Crippen molar-refractivity contribution in [3.8, 4) is 0 Å². The second kappa shape index (κ2) is 9.37. The van der Waals surface area contributed by atoms with Crippen molar-refractivity contribution in [2.75, 3.05) is 25.0 Å². The van der Waals surface area contributed by atoms with Gasteiger partial charge in [-0.05, 0) is 43.2 Å². The number of carbonyl (C=O) groups is 2. The molecule has 1 aromatic heterocycles. The van der Waals surface area contributed by atoms with Crippen LogP contribution in [-0.2, 0) is 22.5 Å². The van der Waals surface area contributed by atoms with Gasteiger partial charge in [-0.25, -0.2) is 4.79 Å². The minimum atomic E-state index is -0.379. The van der Waals surface area contributed by atoms with Gasteiger partial charge < -0.3 is 10.1 Å². The Bertz CT molecular complexity index is 907. The molecule has 0 saturated heterocycles. The molecular formula is C21H23ClN2O3S. The molecule has 3 rings (SSSR count). The van der Waals surface area contributed by atoms with Crippen LogP contribution < -0.4 is 5.32 Å². The van der Waals surface area contributed by atoms with Gasteiger partial charge in [0.2, 0.25) is 5.91 Å². The highest BCUT2D eigenvalue weighted by atomic mass is 35.5. The van der Waals surface area contributed by atoms with Gasteiger partial charge in [0.15, 0.2) is 0 Å². The van der Waals surface area contributed by atoms with Gasteiger partial charge in [0.1, 0.15) is 5.00 Å². The van der Waals surface area contributed by atoms with E-state index >= 15 is 0 Å². The first kappa shape index (κ1) is 20.6. The van der Waals surface area contributed by atoms with E-state index in [0.29, 0.717) is 22.2 Å². The van der Waals surface area contributed by atoms with Crippen molar-refractivity contribution in [2.45, 2.75) is 26.8 Å². The third-order valence-corrected chi connectivity index (χ3v) is 6.10. The van der Waals surface area contributed by atoms with Gasteiger partial charge in [-0.1, -0.05) is 36.7 Å². The summed E-state index contributed by atoms with van der Waals surface area (Å²) in [6.07, 6.45) is 3.86. The van der Waals surface area contributed by atoms with Crippen LogP contribution in [0.15, 0.2) is 30.3 Å². The molecule has 0 unspecified atom stereocenters. The van der Waals surface area contributed by atoms with Crippen molar-refractivity contribution < 1.29 is 14.3 Å². The van der Waals surface area contributed by atoms with E-state index in [1.54, 1.807) is 19.1 Å². The van der Waals surface area contributed by atoms with Gasteiger partial charge in [-0.15, -0.1) is 11.3 Å². The van der Waals surface area contributed by atoms with Crippen LogP contribution in [0.4, 0.5) is 5.00 Å². The molecule has 1 amide bonds. The number of nitrogens with one attached hydrogen (secondary N) is 1. The molecule has 1 aliphatic rings. The largest absolute Gasteiger partial charge is 0.462 e. The van der Waals surface area contributed by atoms with Crippen molar-refractivity contribution in [1.29, 1.82) is 0 Å². The van der Waals surface area contributed by atoms with Crippen LogP contribution in [0.25, 0.3) is 6.08 Å². The zero-order valence-corrected chi connectivity index (χ0v) is 17.5. The van der Waals surface area contributed by atoms with Crippen molar-refractivity contribution in [3.05, 3.63) is 56.9 Å². The molecule has 1 N–H and O–H groups in total. The molecule has 1 aromatic carbocycles. The Labute approximate surface area is 173 Å². The summed E-state index contributed by atoms with van der Waals surface area (Å²) >= 11 is 7.57. The molecule has 0 atom stereocenters. The first-order valence-corrected chi connectivity index (χ1v) is 10.5. The van der Waals surface area contributed by atoms with Crippen LogP contribution in [0.1, 0.15) is 40.2 Å². The van der Waals surface area contributed by atoms with Gasteiger partial charge in [0, 0.05) is 29.1 Å². The maximum Gasteiger partial charge on any atom is 0.341 e.